The van der Waals surface area contributed by atoms with E-state index in [-0.39, 0.29) is 0 Å². The first-order valence-electron chi connectivity index (χ1n) is 7.01. The van der Waals surface area contributed by atoms with Crippen LogP contribution in [0.25, 0.3) is 5.52 Å². The highest BCUT2D eigenvalue weighted by molar-refractivity contribution is 5.67. The predicted molar refractivity (Wildman–Crippen MR) is 78.6 cm³/mol. The molecule has 0 unspecified atom stereocenters. The standard InChI is InChI=1S/C14H23N5/c1-4-18(5-2)9-6-7-15-14-13-11-12(3)17-19(13)10-8-16-14/h8,10-11H,4-7,9H2,1-3H3,(H,15,16). The van der Waals surface area contributed by atoms with Gasteiger partial charge in [0.2, 0.25) is 0 Å². The lowest BCUT2D eigenvalue weighted by Crippen LogP contribution is -2.25. The summed E-state index contributed by atoms with van der Waals surface area (Å²) >= 11 is 0. The Bertz CT molecular complexity index is 516. The van der Waals surface area contributed by atoms with Crippen LogP contribution >= 0.6 is 0 Å². The molecule has 5 heteroatoms. The van der Waals surface area contributed by atoms with Crippen molar-refractivity contribution in [1.29, 1.82) is 0 Å². The molecule has 104 valence electrons. The number of anilines is 1. The van der Waals surface area contributed by atoms with Gasteiger partial charge in [0.05, 0.1) is 5.69 Å². The second-order valence-electron chi connectivity index (χ2n) is 4.70. The number of fused-ring (bicyclic) bond motifs is 1. The molecule has 0 spiro atoms. The van der Waals surface area contributed by atoms with Crippen molar-refractivity contribution in [3.05, 3.63) is 24.2 Å². The van der Waals surface area contributed by atoms with E-state index in [0.29, 0.717) is 0 Å². The van der Waals surface area contributed by atoms with Crippen molar-refractivity contribution in [2.75, 3.05) is 31.5 Å². The molecule has 0 fully saturated rings. The van der Waals surface area contributed by atoms with Crippen LogP contribution in [0.15, 0.2) is 18.5 Å². The Balaban J connectivity index is 1.91. The molecule has 0 amide bonds. The summed E-state index contributed by atoms with van der Waals surface area (Å²) in [7, 11) is 0. The predicted octanol–water partition coefficient (Wildman–Crippen LogP) is 2.18. The minimum Gasteiger partial charge on any atom is -0.368 e. The molecule has 0 aromatic carbocycles. The zero-order chi connectivity index (χ0) is 13.7. The minimum atomic E-state index is 0.919. The van der Waals surface area contributed by atoms with Gasteiger partial charge in [0.25, 0.3) is 0 Å². The molecule has 0 aliphatic rings. The van der Waals surface area contributed by atoms with E-state index in [0.717, 1.165) is 49.6 Å². The molecule has 2 aromatic heterocycles. The molecule has 0 aliphatic carbocycles. The van der Waals surface area contributed by atoms with Crippen LogP contribution in [0, 0.1) is 6.92 Å². The van der Waals surface area contributed by atoms with Crippen molar-refractivity contribution in [3.8, 4) is 0 Å². The topological polar surface area (TPSA) is 45.5 Å². The van der Waals surface area contributed by atoms with E-state index in [1.165, 1.54) is 0 Å². The Hall–Kier alpha value is -1.62. The first-order chi connectivity index (χ1) is 9.24. The van der Waals surface area contributed by atoms with Crippen LogP contribution in [0.3, 0.4) is 0 Å². The van der Waals surface area contributed by atoms with Gasteiger partial charge in [0.15, 0.2) is 5.82 Å². The van der Waals surface area contributed by atoms with Crippen molar-refractivity contribution in [2.45, 2.75) is 27.2 Å². The van der Waals surface area contributed by atoms with E-state index in [1.54, 1.807) is 6.20 Å². The highest BCUT2D eigenvalue weighted by atomic mass is 15.2. The van der Waals surface area contributed by atoms with Crippen molar-refractivity contribution < 1.29 is 0 Å². The Morgan fingerprint density at radius 2 is 2.11 bits per heavy atom. The van der Waals surface area contributed by atoms with E-state index >= 15 is 0 Å². The van der Waals surface area contributed by atoms with Crippen LogP contribution in [0.1, 0.15) is 26.0 Å². The normalized spacial score (nSPS) is 11.4. The number of aromatic nitrogens is 3. The van der Waals surface area contributed by atoms with Gasteiger partial charge in [-0.2, -0.15) is 5.10 Å². The fraction of sp³-hybridized carbons (Fsp3) is 0.571. The van der Waals surface area contributed by atoms with Gasteiger partial charge in [0.1, 0.15) is 5.52 Å². The summed E-state index contributed by atoms with van der Waals surface area (Å²) in [4.78, 5) is 6.82. The van der Waals surface area contributed by atoms with Gasteiger partial charge >= 0.3 is 0 Å². The van der Waals surface area contributed by atoms with E-state index in [4.69, 9.17) is 0 Å². The van der Waals surface area contributed by atoms with Crippen molar-refractivity contribution in [1.82, 2.24) is 19.5 Å². The Morgan fingerprint density at radius 3 is 2.84 bits per heavy atom. The smallest absolute Gasteiger partial charge is 0.152 e. The summed E-state index contributed by atoms with van der Waals surface area (Å²) in [6.45, 7) is 10.7. The lowest BCUT2D eigenvalue weighted by Gasteiger charge is -2.17. The molecule has 2 aromatic rings. The Morgan fingerprint density at radius 1 is 1.32 bits per heavy atom. The number of hydrogen-bond donors (Lipinski definition) is 1. The summed E-state index contributed by atoms with van der Waals surface area (Å²) in [6, 6.07) is 2.06. The maximum absolute atomic E-state index is 4.39. The molecule has 0 atom stereocenters. The molecule has 2 rings (SSSR count). The monoisotopic (exact) mass is 261 g/mol. The number of hydrogen-bond acceptors (Lipinski definition) is 4. The number of nitrogens with one attached hydrogen (secondary N) is 1. The fourth-order valence-corrected chi connectivity index (χ4v) is 2.23. The minimum absolute atomic E-state index is 0.919. The van der Waals surface area contributed by atoms with Gasteiger partial charge in [-0.15, -0.1) is 0 Å². The van der Waals surface area contributed by atoms with Gasteiger partial charge in [-0.05, 0) is 39.0 Å². The largest absolute Gasteiger partial charge is 0.368 e. The summed E-state index contributed by atoms with van der Waals surface area (Å²) < 4.78 is 1.87. The fourth-order valence-electron chi connectivity index (χ4n) is 2.23. The van der Waals surface area contributed by atoms with Gasteiger partial charge in [-0.3, -0.25) is 0 Å². The molecule has 19 heavy (non-hydrogen) atoms. The Labute approximate surface area is 114 Å². The summed E-state index contributed by atoms with van der Waals surface area (Å²) in [5.74, 6) is 0.919. The average Bonchev–Trinajstić information content (AvgIpc) is 2.80. The van der Waals surface area contributed by atoms with Crippen LogP contribution < -0.4 is 5.32 Å². The van der Waals surface area contributed by atoms with E-state index < -0.39 is 0 Å². The molecule has 1 N–H and O–H groups in total. The van der Waals surface area contributed by atoms with Crippen LogP contribution in [0.4, 0.5) is 5.82 Å². The van der Waals surface area contributed by atoms with Crippen LogP contribution in [0.2, 0.25) is 0 Å². The van der Waals surface area contributed by atoms with Crippen molar-refractivity contribution >= 4 is 11.3 Å². The second kappa shape index (κ2) is 6.52. The van der Waals surface area contributed by atoms with Crippen LogP contribution in [-0.4, -0.2) is 45.7 Å². The molecule has 0 radical (unpaired) electrons. The van der Waals surface area contributed by atoms with Gasteiger partial charge in [0, 0.05) is 18.9 Å². The molecular weight excluding hydrogens is 238 g/mol. The highest BCUT2D eigenvalue weighted by Gasteiger charge is 2.04. The van der Waals surface area contributed by atoms with Crippen LogP contribution in [0.5, 0.6) is 0 Å². The molecule has 0 aliphatic heterocycles. The SMILES string of the molecule is CCN(CC)CCCNc1nccn2nc(C)cc12. The highest BCUT2D eigenvalue weighted by Crippen LogP contribution is 2.14. The zero-order valence-corrected chi connectivity index (χ0v) is 12.1. The third-order valence-corrected chi connectivity index (χ3v) is 3.35. The maximum atomic E-state index is 4.39. The maximum Gasteiger partial charge on any atom is 0.152 e. The Kier molecular flexibility index (Phi) is 4.74. The zero-order valence-electron chi connectivity index (χ0n) is 12.1. The lowest BCUT2D eigenvalue weighted by molar-refractivity contribution is 0.303. The van der Waals surface area contributed by atoms with E-state index in [9.17, 15) is 0 Å². The number of aryl methyl sites for hydroxylation is 1. The molecule has 0 bridgehead atoms. The first-order valence-corrected chi connectivity index (χ1v) is 7.01. The molecule has 5 nitrogen and oxygen atoms in total. The molecule has 0 saturated carbocycles. The van der Waals surface area contributed by atoms with Gasteiger partial charge < -0.3 is 10.2 Å². The average molecular weight is 261 g/mol. The van der Waals surface area contributed by atoms with E-state index in [1.807, 2.05) is 17.6 Å². The van der Waals surface area contributed by atoms with Gasteiger partial charge in [-0.1, -0.05) is 13.8 Å². The number of nitrogens with zero attached hydrogens (tertiary/aromatic N) is 4. The first kappa shape index (κ1) is 13.8. The van der Waals surface area contributed by atoms with Crippen LogP contribution in [-0.2, 0) is 0 Å². The number of rotatable bonds is 7. The van der Waals surface area contributed by atoms with Crippen molar-refractivity contribution in [2.24, 2.45) is 0 Å². The molecule has 0 saturated heterocycles. The van der Waals surface area contributed by atoms with Gasteiger partial charge in [-0.25, -0.2) is 9.50 Å². The summed E-state index contributed by atoms with van der Waals surface area (Å²) in [6.07, 6.45) is 4.78. The third kappa shape index (κ3) is 3.44. The summed E-state index contributed by atoms with van der Waals surface area (Å²) in [5.41, 5.74) is 2.06. The quantitative estimate of drug-likeness (QED) is 0.776. The molecule has 2 heterocycles. The summed E-state index contributed by atoms with van der Waals surface area (Å²) in [5, 5.41) is 7.79. The lowest BCUT2D eigenvalue weighted by atomic mass is 10.3. The molecular formula is C14H23N5. The van der Waals surface area contributed by atoms with Crippen molar-refractivity contribution in [3.63, 3.8) is 0 Å². The second-order valence-corrected chi connectivity index (χ2v) is 4.70. The third-order valence-electron chi connectivity index (χ3n) is 3.35. The van der Waals surface area contributed by atoms with E-state index in [2.05, 4.69) is 40.2 Å².